The van der Waals surface area contributed by atoms with Gasteiger partial charge in [-0.25, -0.2) is 0 Å². The van der Waals surface area contributed by atoms with Crippen molar-refractivity contribution in [3.63, 3.8) is 0 Å². The molecule has 4 nitrogen and oxygen atoms in total. The van der Waals surface area contributed by atoms with Crippen LogP contribution in [0.1, 0.15) is 33.0 Å². The lowest BCUT2D eigenvalue weighted by Crippen LogP contribution is -2.38. The van der Waals surface area contributed by atoms with Gasteiger partial charge in [-0.3, -0.25) is 4.79 Å². The van der Waals surface area contributed by atoms with E-state index in [4.69, 9.17) is 5.21 Å². The maximum absolute atomic E-state index is 12.2. The molecule has 1 aromatic rings. The Morgan fingerprint density at radius 1 is 1.41 bits per heavy atom. The highest BCUT2D eigenvalue weighted by atomic mass is 32.1. The second-order valence-corrected chi connectivity index (χ2v) is 5.56. The first kappa shape index (κ1) is 12.1. The molecule has 1 N–H and O–H groups in total. The van der Waals surface area contributed by atoms with Crippen LogP contribution in [0.25, 0.3) is 0 Å². The fourth-order valence-electron chi connectivity index (χ4n) is 1.90. The first-order valence-electron chi connectivity index (χ1n) is 5.68. The number of thiophene rings is 1. The quantitative estimate of drug-likeness (QED) is 0.616. The summed E-state index contributed by atoms with van der Waals surface area (Å²) in [5, 5.41) is 11.9. The standard InChI is InChI=1S/C12H16N2O2S/c1-8-7-11(17-9(8)2)12(15)14-5-3-10(13-16)4-6-14/h7,16H,3-6H2,1-2H3. The van der Waals surface area contributed by atoms with Gasteiger partial charge in [0.1, 0.15) is 0 Å². The molecule has 0 aliphatic carbocycles. The highest BCUT2D eigenvalue weighted by Crippen LogP contribution is 2.23. The van der Waals surface area contributed by atoms with Gasteiger partial charge in [-0.15, -0.1) is 11.3 Å². The monoisotopic (exact) mass is 252 g/mol. The van der Waals surface area contributed by atoms with Gasteiger partial charge in [0.05, 0.1) is 10.6 Å². The Balaban J connectivity index is 2.06. The van der Waals surface area contributed by atoms with Gasteiger partial charge >= 0.3 is 0 Å². The molecule has 0 unspecified atom stereocenters. The zero-order chi connectivity index (χ0) is 12.4. The molecule has 0 bridgehead atoms. The lowest BCUT2D eigenvalue weighted by molar-refractivity contribution is 0.0758. The minimum absolute atomic E-state index is 0.100. The average molecular weight is 252 g/mol. The molecule has 1 aromatic heterocycles. The second-order valence-electron chi connectivity index (χ2n) is 4.31. The Bertz CT molecular complexity index is 436. The molecule has 1 aliphatic heterocycles. The number of hydrogen-bond acceptors (Lipinski definition) is 4. The molecule has 1 fully saturated rings. The van der Waals surface area contributed by atoms with E-state index in [0.29, 0.717) is 25.9 Å². The van der Waals surface area contributed by atoms with Crippen molar-refractivity contribution in [3.05, 3.63) is 21.4 Å². The van der Waals surface area contributed by atoms with Gasteiger partial charge in [0.15, 0.2) is 0 Å². The Labute approximate surface area is 105 Å². The fourth-order valence-corrected chi connectivity index (χ4v) is 2.90. The summed E-state index contributed by atoms with van der Waals surface area (Å²) in [6.07, 6.45) is 1.34. The number of aryl methyl sites for hydroxylation is 2. The topological polar surface area (TPSA) is 52.9 Å². The second kappa shape index (κ2) is 4.87. The molecular weight excluding hydrogens is 236 g/mol. The van der Waals surface area contributed by atoms with Gasteiger partial charge in [-0.1, -0.05) is 5.16 Å². The molecule has 1 amide bonds. The number of carbonyl (C=O) groups is 1. The van der Waals surface area contributed by atoms with Crippen LogP contribution in [-0.2, 0) is 0 Å². The van der Waals surface area contributed by atoms with Gasteiger partial charge in [-0.05, 0) is 25.5 Å². The van der Waals surface area contributed by atoms with E-state index in [-0.39, 0.29) is 5.91 Å². The number of rotatable bonds is 1. The predicted molar refractivity (Wildman–Crippen MR) is 68.2 cm³/mol. The van der Waals surface area contributed by atoms with Gasteiger partial charge in [-0.2, -0.15) is 0 Å². The lowest BCUT2D eigenvalue weighted by Gasteiger charge is -2.26. The number of piperidine rings is 1. The molecule has 1 aliphatic rings. The molecular formula is C12H16N2O2S. The summed E-state index contributed by atoms with van der Waals surface area (Å²) in [5.41, 5.74) is 1.96. The van der Waals surface area contributed by atoms with Crippen LogP contribution in [0.5, 0.6) is 0 Å². The summed E-state index contributed by atoms with van der Waals surface area (Å²) < 4.78 is 0. The normalized spacial score (nSPS) is 16.1. The summed E-state index contributed by atoms with van der Waals surface area (Å²) in [5.74, 6) is 0.100. The maximum Gasteiger partial charge on any atom is 0.263 e. The van der Waals surface area contributed by atoms with Crippen molar-refractivity contribution >= 4 is 23.0 Å². The van der Waals surface area contributed by atoms with Crippen molar-refractivity contribution in [2.45, 2.75) is 26.7 Å². The van der Waals surface area contributed by atoms with Crippen LogP contribution in [0.2, 0.25) is 0 Å². The third-order valence-corrected chi connectivity index (χ3v) is 4.29. The third kappa shape index (κ3) is 2.49. The van der Waals surface area contributed by atoms with Crippen molar-refractivity contribution < 1.29 is 10.0 Å². The number of likely N-dealkylation sites (tertiary alicyclic amines) is 1. The van der Waals surface area contributed by atoms with Crippen LogP contribution in [-0.4, -0.2) is 34.8 Å². The molecule has 2 heterocycles. The Morgan fingerprint density at radius 3 is 2.53 bits per heavy atom. The number of amides is 1. The van der Waals surface area contributed by atoms with Crippen molar-refractivity contribution in [1.82, 2.24) is 4.90 Å². The van der Waals surface area contributed by atoms with E-state index >= 15 is 0 Å². The number of nitrogens with zero attached hydrogens (tertiary/aromatic N) is 2. The highest BCUT2D eigenvalue weighted by molar-refractivity contribution is 7.14. The summed E-state index contributed by atoms with van der Waals surface area (Å²) in [7, 11) is 0. The summed E-state index contributed by atoms with van der Waals surface area (Å²) in [6, 6.07) is 1.96. The number of hydrogen-bond donors (Lipinski definition) is 1. The molecule has 0 spiro atoms. The van der Waals surface area contributed by atoms with E-state index in [1.807, 2.05) is 24.8 Å². The minimum Gasteiger partial charge on any atom is -0.411 e. The van der Waals surface area contributed by atoms with Crippen LogP contribution >= 0.6 is 11.3 Å². The molecule has 92 valence electrons. The minimum atomic E-state index is 0.100. The molecule has 0 radical (unpaired) electrons. The van der Waals surface area contributed by atoms with Crippen LogP contribution < -0.4 is 0 Å². The number of oxime groups is 1. The maximum atomic E-state index is 12.2. The zero-order valence-electron chi connectivity index (χ0n) is 10.1. The third-order valence-electron chi connectivity index (χ3n) is 3.15. The van der Waals surface area contributed by atoms with Gasteiger partial charge in [0.2, 0.25) is 0 Å². The molecule has 1 saturated heterocycles. The Kier molecular flexibility index (Phi) is 3.47. The summed E-state index contributed by atoms with van der Waals surface area (Å²) in [4.78, 5) is 16.0. The predicted octanol–water partition coefficient (Wildman–Crippen LogP) is 2.43. The first-order valence-corrected chi connectivity index (χ1v) is 6.49. The van der Waals surface area contributed by atoms with E-state index in [1.54, 1.807) is 11.3 Å². The van der Waals surface area contributed by atoms with Crippen molar-refractivity contribution in [2.75, 3.05) is 13.1 Å². The van der Waals surface area contributed by atoms with Crippen LogP contribution in [0, 0.1) is 13.8 Å². The van der Waals surface area contributed by atoms with Gasteiger partial charge in [0.25, 0.3) is 5.91 Å². The Morgan fingerprint density at radius 2 is 2.06 bits per heavy atom. The van der Waals surface area contributed by atoms with Gasteiger partial charge < -0.3 is 10.1 Å². The van der Waals surface area contributed by atoms with Crippen LogP contribution in [0.3, 0.4) is 0 Å². The first-order chi connectivity index (χ1) is 8.11. The van der Waals surface area contributed by atoms with Crippen molar-refractivity contribution in [2.24, 2.45) is 5.16 Å². The summed E-state index contributed by atoms with van der Waals surface area (Å²) in [6.45, 7) is 5.35. The Hall–Kier alpha value is -1.36. The van der Waals surface area contributed by atoms with Crippen LogP contribution in [0.4, 0.5) is 0 Å². The van der Waals surface area contributed by atoms with E-state index in [1.165, 1.54) is 10.4 Å². The summed E-state index contributed by atoms with van der Waals surface area (Å²) >= 11 is 1.55. The van der Waals surface area contributed by atoms with E-state index in [2.05, 4.69) is 5.16 Å². The smallest absolute Gasteiger partial charge is 0.263 e. The molecule has 0 saturated carbocycles. The molecule has 2 rings (SSSR count). The van der Waals surface area contributed by atoms with E-state index in [9.17, 15) is 4.79 Å². The molecule has 0 atom stereocenters. The zero-order valence-corrected chi connectivity index (χ0v) is 10.9. The van der Waals surface area contributed by atoms with Gasteiger partial charge in [0, 0.05) is 30.8 Å². The van der Waals surface area contributed by atoms with Crippen molar-refractivity contribution in [3.8, 4) is 0 Å². The fraction of sp³-hybridized carbons (Fsp3) is 0.500. The molecule has 0 aromatic carbocycles. The molecule has 17 heavy (non-hydrogen) atoms. The number of carbonyl (C=O) groups excluding carboxylic acids is 1. The average Bonchev–Trinajstić information content (AvgIpc) is 2.69. The highest BCUT2D eigenvalue weighted by Gasteiger charge is 2.22. The SMILES string of the molecule is Cc1cc(C(=O)N2CCC(=NO)CC2)sc1C. The molecule has 5 heteroatoms. The lowest BCUT2D eigenvalue weighted by atomic mass is 10.1. The van der Waals surface area contributed by atoms with E-state index in [0.717, 1.165) is 10.6 Å². The van der Waals surface area contributed by atoms with Crippen LogP contribution in [0.15, 0.2) is 11.2 Å². The van der Waals surface area contributed by atoms with E-state index < -0.39 is 0 Å². The van der Waals surface area contributed by atoms with Crippen molar-refractivity contribution in [1.29, 1.82) is 0 Å². The largest absolute Gasteiger partial charge is 0.411 e.